The zero-order valence-electron chi connectivity index (χ0n) is 19.5. The Kier molecular flexibility index (Phi) is 7.84. The normalized spacial score (nSPS) is 20.5. The van der Waals surface area contributed by atoms with Crippen molar-refractivity contribution in [3.05, 3.63) is 24.0 Å². The van der Waals surface area contributed by atoms with E-state index in [1.807, 2.05) is 4.90 Å². The molecule has 2 atom stereocenters. The van der Waals surface area contributed by atoms with Gasteiger partial charge in [0.1, 0.15) is 5.82 Å². The van der Waals surface area contributed by atoms with Crippen molar-refractivity contribution < 1.29 is 22.7 Å². The maximum absolute atomic E-state index is 13.4. The van der Waals surface area contributed by atoms with E-state index in [1.165, 1.54) is 4.31 Å². The molecule has 0 bridgehead atoms. The fourth-order valence-electron chi connectivity index (χ4n) is 4.77. The SMILES string of the molecule is CCCC[C@H](CNC=O)C(=O)N1CCC[C@H]1c1nc2ccc(S(=O)(=O)N3CCOCC3)cc2[nH]1. The maximum atomic E-state index is 13.4. The number of nitrogens with one attached hydrogen (secondary N) is 2. The molecule has 34 heavy (non-hydrogen) atoms. The molecule has 11 heteroatoms. The van der Waals surface area contributed by atoms with Crippen molar-refractivity contribution in [2.75, 3.05) is 39.4 Å². The van der Waals surface area contributed by atoms with Crippen LogP contribution in [0.5, 0.6) is 0 Å². The Bertz CT molecular complexity index is 1110. The average Bonchev–Trinajstić information content (AvgIpc) is 3.51. The van der Waals surface area contributed by atoms with E-state index in [0.717, 1.165) is 32.1 Å². The fourth-order valence-corrected chi connectivity index (χ4v) is 6.20. The summed E-state index contributed by atoms with van der Waals surface area (Å²) < 4.78 is 32.8. The molecule has 0 saturated carbocycles. The van der Waals surface area contributed by atoms with Gasteiger partial charge in [0.05, 0.1) is 41.1 Å². The summed E-state index contributed by atoms with van der Waals surface area (Å²) in [5.74, 6) is 0.432. The first-order valence-electron chi connectivity index (χ1n) is 12.0. The van der Waals surface area contributed by atoms with Crippen molar-refractivity contribution in [3.8, 4) is 0 Å². The Hall–Kier alpha value is -2.50. The smallest absolute Gasteiger partial charge is 0.243 e. The minimum absolute atomic E-state index is 0.0290. The number of nitrogens with zero attached hydrogens (tertiary/aromatic N) is 3. The Morgan fingerprint density at radius 3 is 2.85 bits per heavy atom. The van der Waals surface area contributed by atoms with Crippen molar-refractivity contribution in [2.45, 2.75) is 50.0 Å². The third-order valence-corrected chi connectivity index (χ3v) is 8.53. The summed E-state index contributed by atoms with van der Waals surface area (Å²) in [6, 6.07) is 4.72. The van der Waals surface area contributed by atoms with Crippen LogP contribution in [0.2, 0.25) is 0 Å². The highest BCUT2D eigenvalue weighted by atomic mass is 32.2. The van der Waals surface area contributed by atoms with Crippen LogP contribution >= 0.6 is 0 Å². The lowest BCUT2D eigenvalue weighted by molar-refractivity contribution is -0.136. The predicted octanol–water partition coefficient (Wildman–Crippen LogP) is 1.80. The molecule has 0 spiro atoms. The molecule has 2 N–H and O–H groups in total. The minimum Gasteiger partial charge on any atom is -0.379 e. The van der Waals surface area contributed by atoms with Crippen LogP contribution in [-0.4, -0.2) is 79.3 Å². The molecule has 2 aromatic rings. The number of carbonyl (C=O) groups is 2. The van der Waals surface area contributed by atoms with Gasteiger partial charge >= 0.3 is 0 Å². The van der Waals surface area contributed by atoms with Gasteiger partial charge in [-0.3, -0.25) is 9.59 Å². The largest absolute Gasteiger partial charge is 0.379 e. The lowest BCUT2D eigenvalue weighted by Crippen LogP contribution is -2.40. The van der Waals surface area contributed by atoms with E-state index < -0.39 is 10.0 Å². The number of carbonyl (C=O) groups excluding carboxylic acids is 2. The molecule has 2 aliphatic heterocycles. The van der Waals surface area contributed by atoms with E-state index in [2.05, 4.69) is 17.2 Å². The van der Waals surface area contributed by atoms with Crippen LogP contribution in [0.1, 0.15) is 50.9 Å². The van der Waals surface area contributed by atoms with Gasteiger partial charge in [-0.1, -0.05) is 19.8 Å². The van der Waals surface area contributed by atoms with Crippen LogP contribution in [0.15, 0.2) is 23.1 Å². The van der Waals surface area contributed by atoms with E-state index in [1.54, 1.807) is 18.2 Å². The molecular weight excluding hydrogens is 458 g/mol. The number of likely N-dealkylation sites (tertiary alicyclic amines) is 1. The summed E-state index contributed by atoms with van der Waals surface area (Å²) in [6.07, 6.45) is 4.91. The Morgan fingerprint density at radius 2 is 2.12 bits per heavy atom. The van der Waals surface area contributed by atoms with Gasteiger partial charge in [0, 0.05) is 26.2 Å². The number of unbranched alkanes of at least 4 members (excludes halogenated alkanes) is 1. The first-order valence-corrected chi connectivity index (χ1v) is 13.4. The molecule has 1 aromatic heterocycles. The summed E-state index contributed by atoms with van der Waals surface area (Å²) in [6.45, 7) is 4.51. The number of aromatic nitrogens is 2. The number of hydrogen-bond acceptors (Lipinski definition) is 6. The van der Waals surface area contributed by atoms with Crippen molar-refractivity contribution in [1.82, 2.24) is 24.5 Å². The first-order chi connectivity index (χ1) is 16.5. The van der Waals surface area contributed by atoms with Crippen LogP contribution in [-0.2, 0) is 24.3 Å². The number of morpholine rings is 1. The van der Waals surface area contributed by atoms with Gasteiger partial charge in [-0.2, -0.15) is 4.31 Å². The number of ether oxygens (including phenoxy) is 1. The number of sulfonamides is 1. The number of benzene rings is 1. The molecule has 2 aliphatic rings. The van der Waals surface area contributed by atoms with Crippen molar-refractivity contribution in [1.29, 1.82) is 0 Å². The zero-order valence-corrected chi connectivity index (χ0v) is 20.3. The lowest BCUT2D eigenvalue weighted by Gasteiger charge is -2.28. The molecule has 2 saturated heterocycles. The minimum atomic E-state index is -3.61. The van der Waals surface area contributed by atoms with Gasteiger partial charge in [0.2, 0.25) is 22.3 Å². The molecule has 0 radical (unpaired) electrons. The molecule has 0 aliphatic carbocycles. The number of hydrogen-bond donors (Lipinski definition) is 2. The van der Waals surface area contributed by atoms with E-state index in [4.69, 9.17) is 9.72 Å². The second-order valence-corrected chi connectivity index (χ2v) is 10.8. The molecule has 10 nitrogen and oxygen atoms in total. The van der Waals surface area contributed by atoms with Crippen LogP contribution in [0.3, 0.4) is 0 Å². The third kappa shape index (κ3) is 5.11. The second kappa shape index (κ2) is 10.8. The van der Waals surface area contributed by atoms with Crippen molar-refractivity contribution in [3.63, 3.8) is 0 Å². The molecule has 2 amide bonds. The van der Waals surface area contributed by atoms with Gasteiger partial charge in [0.15, 0.2) is 0 Å². The molecule has 3 heterocycles. The Labute approximate surface area is 200 Å². The summed E-state index contributed by atoms with van der Waals surface area (Å²) >= 11 is 0. The van der Waals surface area contributed by atoms with Crippen LogP contribution < -0.4 is 5.32 Å². The van der Waals surface area contributed by atoms with Gasteiger partial charge in [0.25, 0.3) is 0 Å². The van der Waals surface area contributed by atoms with E-state index >= 15 is 0 Å². The molecule has 0 unspecified atom stereocenters. The van der Waals surface area contributed by atoms with Crippen molar-refractivity contribution >= 4 is 33.4 Å². The molecular formula is C23H33N5O5S. The summed E-state index contributed by atoms with van der Waals surface area (Å²) in [7, 11) is -3.61. The number of amides is 2. The monoisotopic (exact) mass is 491 g/mol. The molecule has 4 rings (SSSR count). The maximum Gasteiger partial charge on any atom is 0.243 e. The highest BCUT2D eigenvalue weighted by Gasteiger charge is 2.35. The van der Waals surface area contributed by atoms with E-state index in [0.29, 0.717) is 62.7 Å². The quantitative estimate of drug-likeness (QED) is 0.489. The van der Waals surface area contributed by atoms with Crippen LogP contribution in [0.4, 0.5) is 0 Å². The number of rotatable bonds is 10. The number of fused-ring (bicyclic) bond motifs is 1. The predicted molar refractivity (Wildman–Crippen MR) is 126 cm³/mol. The van der Waals surface area contributed by atoms with Crippen LogP contribution in [0, 0.1) is 5.92 Å². The molecule has 1 aromatic carbocycles. The Balaban J connectivity index is 1.56. The highest BCUT2D eigenvalue weighted by Crippen LogP contribution is 2.33. The Morgan fingerprint density at radius 1 is 1.32 bits per heavy atom. The summed E-state index contributed by atoms with van der Waals surface area (Å²) in [5, 5.41) is 2.66. The van der Waals surface area contributed by atoms with Gasteiger partial charge in [-0.25, -0.2) is 13.4 Å². The van der Waals surface area contributed by atoms with Gasteiger partial charge in [-0.15, -0.1) is 0 Å². The highest BCUT2D eigenvalue weighted by molar-refractivity contribution is 7.89. The summed E-state index contributed by atoms with van der Waals surface area (Å²) in [4.78, 5) is 34.2. The topological polar surface area (TPSA) is 125 Å². The number of H-pyrrole nitrogens is 1. The zero-order chi connectivity index (χ0) is 24.1. The third-order valence-electron chi connectivity index (χ3n) is 6.63. The second-order valence-electron chi connectivity index (χ2n) is 8.87. The van der Waals surface area contributed by atoms with E-state index in [-0.39, 0.29) is 22.8 Å². The molecule has 186 valence electrons. The van der Waals surface area contributed by atoms with Gasteiger partial charge in [-0.05, 0) is 37.5 Å². The van der Waals surface area contributed by atoms with Gasteiger partial charge < -0.3 is 19.9 Å². The van der Waals surface area contributed by atoms with Crippen molar-refractivity contribution in [2.24, 2.45) is 5.92 Å². The van der Waals surface area contributed by atoms with Crippen LogP contribution in [0.25, 0.3) is 11.0 Å². The van der Waals surface area contributed by atoms with E-state index in [9.17, 15) is 18.0 Å². The first kappa shape index (κ1) is 24.6. The average molecular weight is 492 g/mol. The number of imidazole rings is 1. The fraction of sp³-hybridized carbons (Fsp3) is 0.609. The lowest BCUT2D eigenvalue weighted by atomic mass is 10.00. The standard InChI is InChI=1S/C23H33N5O5S/c1-2-3-5-17(15-24-16-29)23(30)28-9-4-6-21(28)22-25-19-8-7-18(14-20(19)26-22)34(31,32)27-10-12-33-13-11-27/h7-8,14,16-17,21H,2-6,9-13,15H2,1H3,(H,24,29)(H,25,26)/t17-,21+/m1/s1. The summed E-state index contributed by atoms with van der Waals surface area (Å²) in [5.41, 5.74) is 1.30. The molecule has 2 fully saturated rings. The number of aromatic amines is 1.